The van der Waals surface area contributed by atoms with E-state index in [9.17, 15) is 10.4 Å². The second kappa shape index (κ2) is 7.08. The van der Waals surface area contributed by atoms with E-state index in [1.165, 1.54) is 0 Å². The van der Waals surface area contributed by atoms with Crippen molar-refractivity contribution in [1.29, 1.82) is 5.26 Å². The third kappa shape index (κ3) is 3.11. The minimum absolute atomic E-state index is 0.0206. The predicted molar refractivity (Wildman–Crippen MR) is 83.5 cm³/mol. The Kier molecular flexibility index (Phi) is 5.16. The maximum atomic E-state index is 11.3. The van der Waals surface area contributed by atoms with E-state index in [0.717, 1.165) is 0 Å². The van der Waals surface area contributed by atoms with Crippen molar-refractivity contribution in [2.24, 2.45) is 0 Å². The summed E-state index contributed by atoms with van der Waals surface area (Å²) < 4.78 is 5.14. The molecule has 1 atom stereocenters. The summed E-state index contributed by atoms with van der Waals surface area (Å²) in [5.41, 5.74) is 0.334. The highest BCUT2D eigenvalue weighted by molar-refractivity contribution is 5.47. The van der Waals surface area contributed by atoms with Gasteiger partial charge in [0.15, 0.2) is 0 Å². The molecule has 0 radical (unpaired) electrons. The zero-order valence-corrected chi connectivity index (χ0v) is 12.5. The molecule has 2 aromatic rings. The second-order valence-corrected chi connectivity index (χ2v) is 5.07. The van der Waals surface area contributed by atoms with Gasteiger partial charge in [-0.3, -0.25) is 0 Å². The summed E-state index contributed by atoms with van der Waals surface area (Å²) in [6, 6.07) is 16.2. The van der Waals surface area contributed by atoms with Gasteiger partial charge in [-0.2, -0.15) is 5.26 Å². The maximum absolute atomic E-state index is 11.3. The zero-order chi connectivity index (χ0) is 16.0. The fourth-order valence-corrected chi connectivity index (χ4v) is 2.58. The molecule has 0 saturated heterocycles. The quantitative estimate of drug-likeness (QED) is 0.859. The minimum Gasteiger partial charge on any atom is -0.497 e. The van der Waals surface area contributed by atoms with Gasteiger partial charge in [-0.25, -0.2) is 0 Å². The van der Waals surface area contributed by atoms with E-state index in [0.29, 0.717) is 35.3 Å². The monoisotopic (exact) mass is 297 g/mol. The van der Waals surface area contributed by atoms with Gasteiger partial charge >= 0.3 is 0 Å². The molecule has 1 unspecified atom stereocenters. The molecule has 0 spiro atoms. The molecule has 0 aromatic heterocycles. The van der Waals surface area contributed by atoms with Gasteiger partial charge in [0.2, 0.25) is 0 Å². The van der Waals surface area contributed by atoms with E-state index in [1.54, 1.807) is 55.6 Å². The van der Waals surface area contributed by atoms with E-state index in [2.05, 4.69) is 6.07 Å². The molecule has 0 aliphatic carbocycles. The van der Waals surface area contributed by atoms with Crippen LogP contribution in [-0.4, -0.2) is 23.9 Å². The summed E-state index contributed by atoms with van der Waals surface area (Å²) in [6.07, 6.45) is 0.761. The summed E-state index contributed by atoms with van der Waals surface area (Å²) >= 11 is 0. The Hall–Kier alpha value is -2.35. The third-order valence-electron chi connectivity index (χ3n) is 3.76. The number of hydrogen-bond acceptors (Lipinski definition) is 4. The van der Waals surface area contributed by atoms with Gasteiger partial charge in [0.1, 0.15) is 11.4 Å². The smallest absolute Gasteiger partial charge is 0.118 e. The lowest BCUT2D eigenvalue weighted by molar-refractivity contribution is 0.0623. The zero-order valence-electron chi connectivity index (χ0n) is 12.5. The van der Waals surface area contributed by atoms with Gasteiger partial charge in [-0.1, -0.05) is 30.3 Å². The van der Waals surface area contributed by atoms with Crippen LogP contribution in [0.3, 0.4) is 0 Å². The highest BCUT2D eigenvalue weighted by atomic mass is 16.5. The van der Waals surface area contributed by atoms with E-state index < -0.39 is 5.60 Å². The Balaban J connectivity index is 2.53. The third-order valence-corrected chi connectivity index (χ3v) is 3.76. The molecule has 0 aliphatic rings. The number of ether oxygens (including phenoxy) is 1. The first kappa shape index (κ1) is 16.0. The van der Waals surface area contributed by atoms with Gasteiger partial charge in [0.25, 0.3) is 0 Å². The highest BCUT2D eigenvalue weighted by Crippen LogP contribution is 2.36. The standard InChI is InChI=1S/C18H19NO3/c1-22-16-9-7-15(8-10-16)18(21,11-4-12-20)17-6-3-2-5-14(17)13-19/h2-3,5-10,20-21H,4,11-12H2,1H3. The Morgan fingerprint density at radius 1 is 1.14 bits per heavy atom. The van der Waals surface area contributed by atoms with Crippen molar-refractivity contribution in [2.45, 2.75) is 18.4 Å². The molecule has 4 nitrogen and oxygen atoms in total. The molecular weight excluding hydrogens is 278 g/mol. The molecule has 0 amide bonds. The lowest BCUT2D eigenvalue weighted by Crippen LogP contribution is -2.28. The largest absolute Gasteiger partial charge is 0.497 e. The van der Waals surface area contributed by atoms with E-state index in [-0.39, 0.29) is 6.61 Å². The van der Waals surface area contributed by atoms with Gasteiger partial charge < -0.3 is 14.9 Å². The van der Waals surface area contributed by atoms with Crippen molar-refractivity contribution in [3.05, 3.63) is 65.2 Å². The van der Waals surface area contributed by atoms with Crippen LogP contribution in [0.2, 0.25) is 0 Å². The Labute approximate surface area is 130 Å². The lowest BCUT2D eigenvalue weighted by Gasteiger charge is -2.30. The molecule has 2 N–H and O–H groups in total. The number of benzene rings is 2. The van der Waals surface area contributed by atoms with Crippen LogP contribution in [0.5, 0.6) is 5.75 Å². The first-order valence-electron chi connectivity index (χ1n) is 7.13. The Morgan fingerprint density at radius 3 is 2.41 bits per heavy atom. The summed E-state index contributed by atoms with van der Waals surface area (Å²) in [4.78, 5) is 0. The molecule has 2 rings (SSSR count). The Morgan fingerprint density at radius 2 is 1.82 bits per heavy atom. The van der Waals surface area contributed by atoms with Gasteiger partial charge in [0, 0.05) is 12.2 Å². The maximum Gasteiger partial charge on any atom is 0.118 e. The van der Waals surface area contributed by atoms with Crippen molar-refractivity contribution >= 4 is 0 Å². The molecule has 0 aliphatic heterocycles. The van der Waals surface area contributed by atoms with Crippen LogP contribution in [0.4, 0.5) is 0 Å². The van der Waals surface area contributed by atoms with Gasteiger partial charge in [-0.05, 0) is 36.6 Å². The van der Waals surface area contributed by atoms with Crippen LogP contribution in [0.1, 0.15) is 29.5 Å². The topological polar surface area (TPSA) is 73.5 Å². The van der Waals surface area contributed by atoms with Crippen LogP contribution >= 0.6 is 0 Å². The van der Waals surface area contributed by atoms with E-state index in [4.69, 9.17) is 9.84 Å². The average molecular weight is 297 g/mol. The molecule has 114 valence electrons. The number of aliphatic hydroxyl groups is 2. The number of nitriles is 1. The summed E-state index contributed by atoms with van der Waals surface area (Å²) in [5, 5.41) is 29.7. The minimum atomic E-state index is -1.32. The molecule has 2 aromatic carbocycles. The molecular formula is C18H19NO3. The number of nitrogens with zero attached hydrogens (tertiary/aromatic N) is 1. The Bertz CT molecular complexity index is 661. The molecule has 4 heteroatoms. The SMILES string of the molecule is COc1ccc(C(O)(CCCO)c2ccccc2C#N)cc1. The van der Waals surface area contributed by atoms with Crippen LogP contribution in [0.25, 0.3) is 0 Å². The average Bonchev–Trinajstić information content (AvgIpc) is 2.59. The highest BCUT2D eigenvalue weighted by Gasteiger charge is 2.33. The van der Waals surface area contributed by atoms with Crippen LogP contribution in [-0.2, 0) is 5.60 Å². The van der Waals surface area contributed by atoms with E-state index in [1.807, 2.05) is 0 Å². The number of methoxy groups -OCH3 is 1. The van der Waals surface area contributed by atoms with Crippen molar-refractivity contribution in [2.75, 3.05) is 13.7 Å². The van der Waals surface area contributed by atoms with Crippen molar-refractivity contribution in [3.8, 4) is 11.8 Å². The number of hydrogen-bond donors (Lipinski definition) is 2. The van der Waals surface area contributed by atoms with Crippen molar-refractivity contribution in [1.82, 2.24) is 0 Å². The predicted octanol–water partition coefficient (Wildman–Crippen LogP) is 2.58. The van der Waals surface area contributed by atoms with Crippen LogP contribution in [0.15, 0.2) is 48.5 Å². The van der Waals surface area contributed by atoms with Gasteiger partial charge in [-0.15, -0.1) is 0 Å². The molecule has 0 fully saturated rings. The normalized spacial score (nSPS) is 13.2. The van der Waals surface area contributed by atoms with Crippen molar-refractivity contribution < 1.29 is 14.9 Å². The molecule has 0 heterocycles. The first-order chi connectivity index (χ1) is 10.7. The molecule has 0 saturated carbocycles. The number of rotatable bonds is 6. The summed E-state index contributed by atoms with van der Waals surface area (Å²) in [6.45, 7) is -0.0206. The number of aliphatic hydroxyl groups excluding tert-OH is 1. The fraction of sp³-hybridized carbons (Fsp3) is 0.278. The first-order valence-corrected chi connectivity index (χ1v) is 7.13. The van der Waals surface area contributed by atoms with Crippen LogP contribution < -0.4 is 4.74 Å². The molecule has 0 bridgehead atoms. The molecule has 22 heavy (non-hydrogen) atoms. The summed E-state index contributed by atoms with van der Waals surface area (Å²) in [7, 11) is 1.58. The van der Waals surface area contributed by atoms with Gasteiger partial charge in [0.05, 0.1) is 18.7 Å². The van der Waals surface area contributed by atoms with Crippen molar-refractivity contribution in [3.63, 3.8) is 0 Å². The second-order valence-electron chi connectivity index (χ2n) is 5.07. The summed E-state index contributed by atoms with van der Waals surface area (Å²) in [5.74, 6) is 0.696. The lowest BCUT2D eigenvalue weighted by atomic mass is 9.80. The van der Waals surface area contributed by atoms with Crippen LogP contribution in [0, 0.1) is 11.3 Å². The van der Waals surface area contributed by atoms with E-state index >= 15 is 0 Å². The fourth-order valence-electron chi connectivity index (χ4n) is 2.58.